The van der Waals surface area contributed by atoms with E-state index in [1.807, 2.05) is 32.4 Å². The number of anilines is 2. The highest BCUT2D eigenvalue weighted by Gasteiger charge is 2.43. The number of nitrogens with one attached hydrogen (secondary N) is 3. The molecule has 4 aromatic heterocycles. The van der Waals surface area contributed by atoms with Crippen molar-refractivity contribution in [1.29, 1.82) is 0 Å². The normalized spacial score (nSPS) is 22.9. The summed E-state index contributed by atoms with van der Waals surface area (Å²) in [5.41, 5.74) is 2.77. The first kappa shape index (κ1) is 21.6. The summed E-state index contributed by atoms with van der Waals surface area (Å²) in [6.07, 6.45) is 7.36. The number of hydrogen-bond donors (Lipinski definition) is 3. The second-order valence-electron chi connectivity index (χ2n) is 9.63. The van der Waals surface area contributed by atoms with Crippen molar-refractivity contribution in [2.24, 2.45) is 7.05 Å². The van der Waals surface area contributed by atoms with Crippen LogP contribution in [0.2, 0.25) is 0 Å². The van der Waals surface area contributed by atoms with Crippen LogP contribution in [-0.2, 0) is 11.8 Å². The monoisotopic (exact) mass is 479 g/mol. The van der Waals surface area contributed by atoms with E-state index in [-0.39, 0.29) is 5.54 Å². The van der Waals surface area contributed by atoms with E-state index < -0.39 is 24.3 Å². The minimum absolute atomic E-state index is 0.200. The number of carbonyl (C=O) groups is 1. The number of aromatic amines is 1. The first-order valence-corrected chi connectivity index (χ1v) is 11.7. The van der Waals surface area contributed by atoms with Crippen molar-refractivity contribution in [2.75, 3.05) is 5.32 Å². The molecule has 0 saturated heterocycles. The molecule has 2 fully saturated rings. The van der Waals surface area contributed by atoms with E-state index in [9.17, 15) is 4.79 Å². The Balaban J connectivity index is 1.18. The summed E-state index contributed by atoms with van der Waals surface area (Å²) < 4.78 is 24.0. The van der Waals surface area contributed by atoms with Crippen molar-refractivity contribution in [3.63, 3.8) is 0 Å². The summed E-state index contributed by atoms with van der Waals surface area (Å²) in [7, 11) is 1.84. The fourth-order valence-electron chi connectivity index (χ4n) is 4.52. The van der Waals surface area contributed by atoms with Crippen molar-refractivity contribution in [1.82, 2.24) is 39.9 Å². The number of aromatic nitrogens is 7. The van der Waals surface area contributed by atoms with Crippen LogP contribution >= 0.6 is 0 Å². The molecule has 6 rings (SSSR count). The number of halogens is 1. The molecular weight excluding hydrogens is 453 g/mol. The van der Waals surface area contributed by atoms with Gasteiger partial charge in [0, 0.05) is 42.0 Å². The van der Waals surface area contributed by atoms with Crippen LogP contribution in [0.5, 0.6) is 0 Å². The lowest BCUT2D eigenvalue weighted by Crippen LogP contribution is -2.38. The number of fused-ring (bicyclic) bond motifs is 1. The fourth-order valence-corrected chi connectivity index (χ4v) is 4.52. The maximum absolute atomic E-state index is 15.2. The zero-order valence-corrected chi connectivity index (χ0v) is 19.4. The third-order valence-corrected chi connectivity index (χ3v) is 6.80. The molecular formula is C23H26FN9O2. The Hall–Kier alpha value is -3.96. The molecule has 2 aliphatic rings. The van der Waals surface area contributed by atoms with Gasteiger partial charge in [-0.25, -0.2) is 18.7 Å². The first-order chi connectivity index (χ1) is 16.9. The number of rotatable bonds is 6. The predicted octanol–water partition coefficient (Wildman–Crippen LogP) is 3.46. The van der Waals surface area contributed by atoms with Crippen molar-refractivity contribution >= 4 is 23.2 Å². The topological polar surface area (TPSA) is 127 Å². The van der Waals surface area contributed by atoms with Crippen LogP contribution in [0.4, 0.5) is 20.8 Å². The van der Waals surface area contributed by atoms with Gasteiger partial charge in [-0.05, 0) is 38.7 Å². The van der Waals surface area contributed by atoms with Gasteiger partial charge in [-0.1, -0.05) is 0 Å². The Labute approximate surface area is 200 Å². The van der Waals surface area contributed by atoms with Crippen LogP contribution in [0.1, 0.15) is 44.2 Å². The molecule has 182 valence electrons. The van der Waals surface area contributed by atoms with E-state index in [1.165, 1.54) is 0 Å². The number of carbonyl (C=O) groups excluding carboxylic acids is 1. The molecule has 0 spiro atoms. The van der Waals surface area contributed by atoms with E-state index in [0.29, 0.717) is 35.9 Å². The molecule has 11 nitrogen and oxygen atoms in total. The number of aryl methyl sites for hydroxylation is 1. The molecule has 4 heterocycles. The average molecular weight is 480 g/mol. The summed E-state index contributed by atoms with van der Waals surface area (Å²) >= 11 is 0. The molecule has 4 aromatic rings. The predicted molar refractivity (Wildman–Crippen MR) is 125 cm³/mol. The highest BCUT2D eigenvalue weighted by atomic mass is 19.1. The quantitative estimate of drug-likeness (QED) is 0.386. The average Bonchev–Trinajstić information content (AvgIpc) is 3.34. The molecule has 0 unspecified atom stereocenters. The molecule has 0 radical (unpaired) electrons. The fraction of sp³-hybridized carbons (Fsp3) is 0.435. The Morgan fingerprint density at radius 1 is 1.29 bits per heavy atom. The third-order valence-electron chi connectivity index (χ3n) is 6.80. The number of ether oxygens (including phenoxy) is 1. The van der Waals surface area contributed by atoms with Gasteiger partial charge in [-0.3, -0.25) is 9.78 Å². The first-order valence-electron chi connectivity index (χ1n) is 11.7. The van der Waals surface area contributed by atoms with Crippen LogP contribution in [0.15, 0.2) is 36.9 Å². The Bertz CT molecular complexity index is 1390. The minimum atomic E-state index is -1.31. The lowest BCUT2D eigenvalue weighted by molar-refractivity contribution is 0.0546. The minimum Gasteiger partial charge on any atom is -0.443 e. The Morgan fingerprint density at radius 2 is 2.14 bits per heavy atom. The van der Waals surface area contributed by atoms with Crippen LogP contribution < -0.4 is 10.6 Å². The molecule has 0 bridgehead atoms. The standard InChI is InChI=1S/C23H26FN9O2/c1-23(6-7-23)29-22(34)35-18-4-3-14(20(18)24)15-9-19(31-30-15)28-21-17-5-8-25-33(17)12-16(27-21)13-10-26-32(2)11-13/h5,8-12,14,18,20H,3-4,6-7H2,1-2H3,(H,29,34)(H2,27,28,30,31)/t14-,18-,20+/m0/s1. The van der Waals surface area contributed by atoms with Crippen LogP contribution in [0, 0.1) is 0 Å². The molecule has 35 heavy (non-hydrogen) atoms. The van der Waals surface area contributed by atoms with E-state index in [4.69, 9.17) is 9.72 Å². The third kappa shape index (κ3) is 4.19. The number of amides is 1. The molecule has 2 aliphatic carbocycles. The van der Waals surface area contributed by atoms with Gasteiger partial charge in [0.25, 0.3) is 0 Å². The molecule has 0 aliphatic heterocycles. The molecule has 3 N–H and O–H groups in total. The van der Waals surface area contributed by atoms with Gasteiger partial charge in [-0.2, -0.15) is 15.3 Å². The summed E-state index contributed by atoms with van der Waals surface area (Å²) in [4.78, 5) is 16.9. The largest absolute Gasteiger partial charge is 0.443 e. The van der Waals surface area contributed by atoms with Crippen molar-refractivity contribution in [2.45, 2.75) is 56.3 Å². The number of nitrogens with zero attached hydrogens (tertiary/aromatic N) is 6. The molecule has 12 heteroatoms. The van der Waals surface area contributed by atoms with Crippen LogP contribution in [0.3, 0.4) is 0 Å². The zero-order chi connectivity index (χ0) is 24.2. The SMILES string of the molecule is Cn1cc(-c2cn3nccc3c(Nc3cc([C@@H]4CC[C@H](OC(=O)NC5(C)CC5)[C@@H]4F)[nH]n3)n2)cn1. The van der Waals surface area contributed by atoms with Crippen molar-refractivity contribution in [3.8, 4) is 11.3 Å². The van der Waals surface area contributed by atoms with E-state index in [1.54, 1.807) is 27.7 Å². The molecule has 3 atom stereocenters. The van der Waals surface area contributed by atoms with Crippen LogP contribution in [-0.4, -0.2) is 58.5 Å². The highest BCUT2D eigenvalue weighted by Crippen LogP contribution is 2.39. The van der Waals surface area contributed by atoms with Gasteiger partial charge < -0.3 is 15.4 Å². The van der Waals surface area contributed by atoms with Gasteiger partial charge in [0.15, 0.2) is 11.6 Å². The summed E-state index contributed by atoms with van der Waals surface area (Å²) in [5, 5.41) is 21.9. The Kier molecular flexibility index (Phi) is 4.97. The number of H-pyrrole nitrogens is 1. The summed E-state index contributed by atoms with van der Waals surface area (Å²) in [6.45, 7) is 1.96. The van der Waals surface area contributed by atoms with Gasteiger partial charge in [0.1, 0.15) is 17.8 Å². The zero-order valence-electron chi connectivity index (χ0n) is 19.4. The lowest BCUT2D eigenvalue weighted by atomic mass is 10.0. The van der Waals surface area contributed by atoms with Gasteiger partial charge in [0.2, 0.25) is 0 Å². The van der Waals surface area contributed by atoms with Gasteiger partial charge >= 0.3 is 6.09 Å². The number of alkyl carbamates (subject to hydrolysis) is 1. The highest BCUT2D eigenvalue weighted by molar-refractivity contribution is 5.75. The smallest absolute Gasteiger partial charge is 0.407 e. The van der Waals surface area contributed by atoms with E-state index in [0.717, 1.165) is 23.9 Å². The van der Waals surface area contributed by atoms with Gasteiger partial charge in [0.05, 0.1) is 24.3 Å². The second-order valence-corrected chi connectivity index (χ2v) is 9.63. The Morgan fingerprint density at radius 3 is 2.91 bits per heavy atom. The number of alkyl halides is 1. The van der Waals surface area contributed by atoms with E-state index >= 15 is 4.39 Å². The van der Waals surface area contributed by atoms with E-state index in [2.05, 4.69) is 31.0 Å². The summed E-state index contributed by atoms with van der Waals surface area (Å²) in [5.74, 6) is 0.642. The van der Waals surface area contributed by atoms with Crippen molar-refractivity contribution < 1.29 is 13.9 Å². The summed E-state index contributed by atoms with van der Waals surface area (Å²) in [6, 6.07) is 3.62. The van der Waals surface area contributed by atoms with Crippen LogP contribution in [0.25, 0.3) is 16.8 Å². The maximum atomic E-state index is 15.2. The number of hydrogen-bond acceptors (Lipinski definition) is 7. The van der Waals surface area contributed by atoms with Gasteiger partial charge in [-0.15, -0.1) is 0 Å². The molecule has 0 aromatic carbocycles. The molecule has 2 saturated carbocycles. The lowest BCUT2D eigenvalue weighted by Gasteiger charge is -2.19. The second kappa shape index (κ2) is 8.07. The maximum Gasteiger partial charge on any atom is 0.407 e. The van der Waals surface area contributed by atoms with Crippen molar-refractivity contribution in [3.05, 3.63) is 42.6 Å². The molecule has 1 amide bonds.